The lowest BCUT2D eigenvalue weighted by molar-refractivity contribution is 0.206. The number of anilines is 1. The predicted molar refractivity (Wildman–Crippen MR) is 74.6 cm³/mol. The van der Waals surface area contributed by atoms with E-state index in [1.165, 1.54) is 5.56 Å². The van der Waals surface area contributed by atoms with E-state index in [9.17, 15) is 4.79 Å². The van der Waals surface area contributed by atoms with Crippen LogP contribution in [0, 0.1) is 0 Å². The number of hydrogen-bond donors (Lipinski definition) is 0. The fourth-order valence-corrected chi connectivity index (χ4v) is 2.48. The van der Waals surface area contributed by atoms with Crippen molar-refractivity contribution in [3.05, 3.63) is 60.2 Å². The Hall–Kier alpha value is -2.29. The van der Waals surface area contributed by atoms with Crippen molar-refractivity contribution < 1.29 is 9.53 Å². The maximum atomic E-state index is 12.3. The first-order valence-corrected chi connectivity index (χ1v) is 6.39. The Morgan fingerprint density at radius 1 is 1.11 bits per heavy atom. The maximum absolute atomic E-state index is 12.3. The molecular weight excluding hydrogens is 238 g/mol. The Morgan fingerprint density at radius 3 is 2.58 bits per heavy atom. The number of fused-ring (bicyclic) bond motifs is 1. The fraction of sp³-hybridized carbons (Fsp3) is 0.188. The highest BCUT2D eigenvalue weighted by molar-refractivity contribution is 5.92. The third-order valence-electron chi connectivity index (χ3n) is 3.35. The molecule has 1 heterocycles. The van der Waals surface area contributed by atoms with Gasteiger partial charge in [-0.1, -0.05) is 36.4 Å². The molecule has 3 heteroatoms. The lowest BCUT2D eigenvalue weighted by Gasteiger charge is -2.21. The topological polar surface area (TPSA) is 29.5 Å². The van der Waals surface area contributed by atoms with Crippen LogP contribution in [0.25, 0.3) is 0 Å². The summed E-state index contributed by atoms with van der Waals surface area (Å²) >= 11 is 0. The molecule has 0 N–H and O–H groups in total. The molecule has 0 radical (unpaired) electrons. The summed E-state index contributed by atoms with van der Waals surface area (Å²) in [5.41, 5.74) is 2.15. The standard InChI is InChI=1S/C16H15NO2/c1-12-11-13-7-5-6-10-15(13)17(12)16(18)19-14-8-3-2-4-9-14/h2-10,12H,11H2,1H3. The van der Waals surface area contributed by atoms with Gasteiger partial charge in [-0.2, -0.15) is 0 Å². The van der Waals surface area contributed by atoms with E-state index in [1.807, 2.05) is 43.3 Å². The average molecular weight is 253 g/mol. The zero-order valence-electron chi connectivity index (χ0n) is 10.7. The van der Waals surface area contributed by atoms with Crippen LogP contribution in [0.5, 0.6) is 5.75 Å². The monoisotopic (exact) mass is 253 g/mol. The first-order chi connectivity index (χ1) is 9.25. The quantitative estimate of drug-likeness (QED) is 0.776. The third kappa shape index (κ3) is 2.19. The summed E-state index contributed by atoms with van der Waals surface area (Å²) in [6.07, 6.45) is 0.559. The van der Waals surface area contributed by atoms with Crippen LogP contribution in [-0.4, -0.2) is 12.1 Å². The molecule has 1 unspecified atom stereocenters. The van der Waals surface area contributed by atoms with E-state index in [2.05, 4.69) is 6.07 Å². The predicted octanol–water partition coefficient (Wildman–Crippen LogP) is 3.64. The first-order valence-electron chi connectivity index (χ1n) is 6.39. The van der Waals surface area contributed by atoms with Gasteiger partial charge in [0.15, 0.2) is 0 Å². The maximum Gasteiger partial charge on any atom is 0.420 e. The number of amides is 1. The minimum absolute atomic E-state index is 0.133. The van der Waals surface area contributed by atoms with E-state index in [0.29, 0.717) is 5.75 Å². The van der Waals surface area contributed by atoms with E-state index in [1.54, 1.807) is 17.0 Å². The highest BCUT2D eigenvalue weighted by atomic mass is 16.6. The SMILES string of the molecule is CC1Cc2ccccc2N1C(=O)Oc1ccccc1. The molecule has 0 saturated carbocycles. The van der Waals surface area contributed by atoms with Gasteiger partial charge in [0.1, 0.15) is 5.75 Å². The lowest BCUT2D eigenvalue weighted by Crippen LogP contribution is -2.37. The number of rotatable bonds is 1. The first kappa shape index (κ1) is 11.8. The molecule has 0 saturated heterocycles. The van der Waals surface area contributed by atoms with Crippen LogP contribution < -0.4 is 9.64 Å². The molecule has 1 atom stereocenters. The molecule has 0 aliphatic carbocycles. The van der Waals surface area contributed by atoms with Gasteiger partial charge in [0.2, 0.25) is 0 Å². The summed E-state index contributed by atoms with van der Waals surface area (Å²) in [4.78, 5) is 14.0. The molecule has 1 aliphatic rings. The van der Waals surface area contributed by atoms with Crippen LogP contribution in [0.1, 0.15) is 12.5 Å². The number of benzene rings is 2. The number of para-hydroxylation sites is 2. The van der Waals surface area contributed by atoms with Gasteiger partial charge in [-0.3, -0.25) is 4.90 Å². The van der Waals surface area contributed by atoms with Crippen molar-refractivity contribution in [3.8, 4) is 5.75 Å². The smallest absolute Gasteiger partial charge is 0.410 e. The Kier molecular flexibility index (Phi) is 2.95. The zero-order valence-corrected chi connectivity index (χ0v) is 10.7. The summed E-state index contributed by atoms with van der Waals surface area (Å²) < 4.78 is 5.41. The average Bonchev–Trinajstić information content (AvgIpc) is 2.75. The third-order valence-corrected chi connectivity index (χ3v) is 3.35. The van der Waals surface area contributed by atoms with Gasteiger partial charge in [0, 0.05) is 6.04 Å². The van der Waals surface area contributed by atoms with Crippen molar-refractivity contribution in [3.63, 3.8) is 0 Å². The Bertz CT molecular complexity index is 595. The second-order valence-corrected chi connectivity index (χ2v) is 4.73. The molecule has 0 fully saturated rings. The molecule has 0 bridgehead atoms. The molecule has 3 nitrogen and oxygen atoms in total. The highest BCUT2D eigenvalue weighted by Crippen LogP contribution is 2.32. The van der Waals surface area contributed by atoms with Gasteiger partial charge in [-0.25, -0.2) is 4.79 Å². The molecule has 2 aromatic carbocycles. The second-order valence-electron chi connectivity index (χ2n) is 4.73. The summed E-state index contributed by atoms with van der Waals surface area (Å²) in [7, 11) is 0. The molecule has 1 amide bonds. The van der Waals surface area contributed by atoms with Crippen LogP contribution in [0.15, 0.2) is 54.6 Å². The molecule has 0 spiro atoms. The van der Waals surface area contributed by atoms with Crippen molar-refractivity contribution in [2.24, 2.45) is 0 Å². The number of carbonyl (C=O) groups excluding carboxylic acids is 1. The largest absolute Gasteiger partial charge is 0.420 e. The lowest BCUT2D eigenvalue weighted by atomic mass is 10.1. The Labute approximate surface area is 112 Å². The van der Waals surface area contributed by atoms with Gasteiger partial charge in [-0.05, 0) is 37.1 Å². The van der Waals surface area contributed by atoms with Crippen molar-refractivity contribution in [1.82, 2.24) is 0 Å². The number of ether oxygens (including phenoxy) is 1. The van der Waals surface area contributed by atoms with Gasteiger partial charge in [-0.15, -0.1) is 0 Å². The van der Waals surface area contributed by atoms with Crippen molar-refractivity contribution in [1.29, 1.82) is 0 Å². The summed E-state index contributed by atoms with van der Waals surface area (Å²) in [6.45, 7) is 2.03. The molecule has 2 aromatic rings. The van der Waals surface area contributed by atoms with E-state index in [-0.39, 0.29) is 12.1 Å². The van der Waals surface area contributed by atoms with Crippen LogP contribution in [0.4, 0.5) is 10.5 Å². The minimum atomic E-state index is -0.316. The summed E-state index contributed by atoms with van der Waals surface area (Å²) in [5.74, 6) is 0.573. The highest BCUT2D eigenvalue weighted by Gasteiger charge is 2.31. The molecule has 0 aromatic heterocycles. The number of carbonyl (C=O) groups is 1. The molecule has 19 heavy (non-hydrogen) atoms. The van der Waals surface area contributed by atoms with E-state index < -0.39 is 0 Å². The van der Waals surface area contributed by atoms with Gasteiger partial charge < -0.3 is 4.74 Å². The summed E-state index contributed by atoms with van der Waals surface area (Å²) in [5, 5.41) is 0. The van der Waals surface area contributed by atoms with Crippen molar-refractivity contribution in [2.75, 3.05) is 4.90 Å². The Morgan fingerprint density at radius 2 is 1.79 bits per heavy atom. The minimum Gasteiger partial charge on any atom is -0.410 e. The van der Waals surface area contributed by atoms with E-state index in [0.717, 1.165) is 12.1 Å². The summed E-state index contributed by atoms with van der Waals surface area (Å²) in [6, 6.07) is 17.3. The van der Waals surface area contributed by atoms with Crippen LogP contribution in [-0.2, 0) is 6.42 Å². The van der Waals surface area contributed by atoms with Crippen molar-refractivity contribution >= 4 is 11.8 Å². The van der Waals surface area contributed by atoms with Crippen molar-refractivity contribution in [2.45, 2.75) is 19.4 Å². The molecule has 3 rings (SSSR count). The van der Waals surface area contributed by atoms with Crippen LogP contribution in [0.3, 0.4) is 0 Å². The zero-order chi connectivity index (χ0) is 13.2. The number of hydrogen-bond acceptors (Lipinski definition) is 2. The van der Waals surface area contributed by atoms with E-state index >= 15 is 0 Å². The van der Waals surface area contributed by atoms with Gasteiger partial charge >= 0.3 is 6.09 Å². The van der Waals surface area contributed by atoms with E-state index in [4.69, 9.17) is 4.74 Å². The molecular formula is C16H15NO2. The van der Waals surface area contributed by atoms with Crippen LogP contribution >= 0.6 is 0 Å². The van der Waals surface area contributed by atoms with Gasteiger partial charge in [0.25, 0.3) is 0 Å². The molecule has 1 aliphatic heterocycles. The Balaban J connectivity index is 1.84. The molecule has 96 valence electrons. The van der Waals surface area contributed by atoms with Crippen LogP contribution in [0.2, 0.25) is 0 Å². The second kappa shape index (κ2) is 4.76. The van der Waals surface area contributed by atoms with Gasteiger partial charge in [0.05, 0.1) is 5.69 Å². The fourth-order valence-electron chi connectivity index (χ4n) is 2.48. The normalized spacial score (nSPS) is 17.1. The number of nitrogens with zero attached hydrogens (tertiary/aromatic N) is 1.